The van der Waals surface area contributed by atoms with Crippen LogP contribution in [0.1, 0.15) is 0 Å². The molecule has 21 aromatic carbocycles. The van der Waals surface area contributed by atoms with Crippen LogP contribution >= 0.6 is 0 Å². The van der Waals surface area contributed by atoms with Gasteiger partial charge < -0.3 is 0 Å². The molecule has 0 spiro atoms. The second kappa shape index (κ2) is 29.6. The number of fused-ring (bicyclic) bond motifs is 26. The first-order chi connectivity index (χ1) is 63.9. The fraction of sp³-hybridized carbons (Fsp3) is 0. The zero-order chi connectivity index (χ0) is 84.7. The quantitative estimate of drug-likeness (QED) is 0.146. The summed E-state index contributed by atoms with van der Waals surface area (Å²) in [6, 6.07) is 155. The van der Waals surface area contributed by atoms with E-state index in [1.807, 2.05) is 103 Å². The highest BCUT2D eigenvalue weighted by Gasteiger charge is 2.23. The Morgan fingerprint density at radius 3 is 0.922 bits per heavy atom. The number of para-hydroxylation sites is 7. The van der Waals surface area contributed by atoms with Crippen molar-refractivity contribution in [1.82, 2.24) is 48.6 Å². The third kappa shape index (κ3) is 12.3. The molecule has 0 fully saturated rings. The van der Waals surface area contributed by atoms with Gasteiger partial charge in [-0.1, -0.05) is 309 Å². The van der Waals surface area contributed by atoms with E-state index in [4.69, 9.17) is 34.9 Å². The summed E-state index contributed by atoms with van der Waals surface area (Å²) in [7, 11) is 0. The standard InChI is InChI=1S/C43H26N4.C42H25N3.C34H21N3/c1-2-10-28(11-3-1)37-15-8-16-41(44-37)47-40-24-20-30(26-36(40)42-43(47)46-39-14-7-6-13-38(39)45-42)29-18-21-33-31(25-29)19-23-34-32-12-5-4-9-27(32)17-22-35(33)34;1-2-9-28-24-32(18-13-26(28)7-1)45-40-22-17-30(25-37(40)41-42(45)44-39-12-6-5-11-38(39)43-41)29-15-19-34-31(23-29)16-21-35-33-10-4-3-8-27(33)14-20-36(34)35;1-2-9-26(10-3-1)37-32-19-17-24(21-29(32)33-34(37)36-31-13-7-6-12-30(31)35-33)23-16-18-28-25(20-23)15-14-22-8-4-5-11-27(22)28/h1-26H;1-25H;1-21H. The molecule has 10 nitrogen and oxygen atoms in total. The van der Waals surface area contributed by atoms with Gasteiger partial charge in [-0.2, -0.15) is 0 Å². The summed E-state index contributed by atoms with van der Waals surface area (Å²) in [5, 5.41) is 26.0. The first-order valence-corrected chi connectivity index (χ1v) is 43.7. The van der Waals surface area contributed by atoms with Gasteiger partial charge in [0.05, 0.1) is 55.3 Å². The second-order valence-electron chi connectivity index (χ2n) is 33.5. The molecule has 0 N–H and O–H groups in total. The number of nitrogens with zero attached hydrogens (tertiary/aromatic N) is 10. The van der Waals surface area contributed by atoms with Crippen LogP contribution in [-0.4, -0.2) is 48.6 Å². The van der Waals surface area contributed by atoms with Crippen LogP contribution in [-0.2, 0) is 0 Å². The molecule has 28 rings (SSSR count). The lowest BCUT2D eigenvalue weighted by molar-refractivity contribution is 1.06. The lowest BCUT2D eigenvalue weighted by Crippen LogP contribution is -2.00. The Balaban J connectivity index is 0.000000103. The Labute approximate surface area is 738 Å². The molecule has 0 atom stereocenters. The molecule has 0 aliphatic rings. The third-order valence-corrected chi connectivity index (χ3v) is 26.0. The summed E-state index contributed by atoms with van der Waals surface area (Å²) >= 11 is 0. The summed E-state index contributed by atoms with van der Waals surface area (Å²) in [5.74, 6) is 0.814. The zero-order valence-corrected chi connectivity index (χ0v) is 69.5. The lowest BCUT2D eigenvalue weighted by atomic mass is 9.94. The van der Waals surface area contributed by atoms with E-state index in [1.165, 1.54) is 119 Å². The largest absolute Gasteiger partial charge is 0.293 e. The molecule has 7 heterocycles. The monoisotopic (exact) mass is 1640 g/mol. The van der Waals surface area contributed by atoms with E-state index in [-0.39, 0.29) is 0 Å². The molecule has 0 amide bonds. The molecule has 129 heavy (non-hydrogen) atoms. The summed E-state index contributed by atoms with van der Waals surface area (Å²) < 4.78 is 6.63. The summed E-state index contributed by atoms with van der Waals surface area (Å²) in [6.45, 7) is 0. The maximum absolute atomic E-state index is 5.17. The van der Waals surface area contributed by atoms with Gasteiger partial charge in [-0.25, -0.2) is 34.9 Å². The molecule has 0 aliphatic carbocycles. The van der Waals surface area contributed by atoms with E-state index in [0.29, 0.717) is 0 Å². The predicted molar refractivity (Wildman–Crippen MR) is 539 cm³/mol. The second-order valence-corrected chi connectivity index (χ2v) is 33.5. The predicted octanol–water partition coefficient (Wildman–Crippen LogP) is 30.6. The van der Waals surface area contributed by atoms with Crippen molar-refractivity contribution in [2.75, 3.05) is 0 Å². The normalized spacial score (nSPS) is 11.9. The highest BCUT2D eigenvalue weighted by Crippen LogP contribution is 2.43. The molecular formula is C119H72N10. The molecule has 0 saturated heterocycles. The molecule has 0 unspecified atom stereocenters. The van der Waals surface area contributed by atoms with Gasteiger partial charge in [-0.3, -0.25) is 13.7 Å². The fourth-order valence-corrected chi connectivity index (χ4v) is 19.8. The number of rotatable bonds is 7. The van der Waals surface area contributed by atoms with Crippen molar-refractivity contribution < 1.29 is 0 Å². The molecule has 598 valence electrons. The van der Waals surface area contributed by atoms with Crippen molar-refractivity contribution in [3.05, 3.63) is 437 Å². The molecule has 0 saturated carbocycles. The number of hydrogen-bond donors (Lipinski definition) is 0. The Morgan fingerprint density at radius 1 is 0.147 bits per heavy atom. The molecule has 10 heteroatoms. The minimum atomic E-state index is 0.797. The van der Waals surface area contributed by atoms with Crippen LogP contribution in [0, 0.1) is 0 Å². The van der Waals surface area contributed by atoms with E-state index in [1.54, 1.807) is 0 Å². The first-order valence-electron chi connectivity index (χ1n) is 43.7. The number of aromatic nitrogens is 10. The summed E-state index contributed by atoms with van der Waals surface area (Å²) in [6.07, 6.45) is 0. The maximum atomic E-state index is 5.17. The molecular weight excluding hydrogens is 1570 g/mol. The van der Waals surface area contributed by atoms with E-state index in [0.717, 1.165) is 139 Å². The molecule has 0 radical (unpaired) electrons. The van der Waals surface area contributed by atoms with Crippen LogP contribution in [0.5, 0.6) is 0 Å². The highest BCUT2D eigenvalue weighted by molar-refractivity contribution is 6.21. The van der Waals surface area contributed by atoms with Crippen molar-refractivity contribution in [2.24, 2.45) is 0 Å². The van der Waals surface area contributed by atoms with Crippen LogP contribution < -0.4 is 0 Å². The van der Waals surface area contributed by atoms with Crippen molar-refractivity contribution >= 4 is 196 Å². The molecule has 0 aliphatic heterocycles. The van der Waals surface area contributed by atoms with E-state index >= 15 is 0 Å². The van der Waals surface area contributed by atoms with E-state index in [9.17, 15) is 0 Å². The number of hydrogen-bond acceptors (Lipinski definition) is 7. The highest BCUT2D eigenvalue weighted by atomic mass is 15.1. The van der Waals surface area contributed by atoms with E-state index < -0.39 is 0 Å². The Morgan fingerprint density at radius 2 is 0.457 bits per heavy atom. The Bertz CT molecular complexity index is 9550. The van der Waals surface area contributed by atoms with Crippen LogP contribution in [0.4, 0.5) is 0 Å². The topological polar surface area (TPSA) is 105 Å². The fourth-order valence-electron chi connectivity index (χ4n) is 19.8. The minimum Gasteiger partial charge on any atom is -0.293 e. The van der Waals surface area contributed by atoms with Gasteiger partial charge in [0, 0.05) is 33.1 Å². The SMILES string of the molecule is c1ccc(-c2cccc(-n3c4ccc(-c5ccc6c(ccc7c8ccccc8ccc67)c5)cc4c4nc5ccccc5nc43)n2)cc1.c1ccc(-n2c3ccc(-c4ccc5c(ccc6ccccc65)c4)cc3c3nc4ccccc4nc32)cc1.c1ccc2cc(-n3c4ccc(-c5ccc6c(ccc7c8ccccc8ccc67)c5)cc4c4nc5ccccc5nc43)ccc2c1. The van der Waals surface area contributed by atoms with Gasteiger partial charge in [0.2, 0.25) is 0 Å². The average Bonchev–Trinajstić information content (AvgIpc) is 1.68. The van der Waals surface area contributed by atoms with Crippen molar-refractivity contribution in [2.45, 2.75) is 0 Å². The Kier molecular flexibility index (Phi) is 16.8. The minimum absolute atomic E-state index is 0.797. The molecule has 7 aromatic heterocycles. The lowest BCUT2D eigenvalue weighted by Gasteiger charge is -2.10. The van der Waals surface area contributed by atoms with Gasteiger partial charge in [0.15, 0.2) is 16.9 Å². The van der Waals surface area contributed by atoms with Crippen molar-refractivity contribution in [3.8, 4) is 61.8 Å². The van der Waals surface area contributed by atoms with Crippen molar-refractivity contribution in [3.63, 3.8) is 0 Å². The van der Waals surface area contributed by atoms with Gasteiger partial charge in [-0.05, 0) is 258 Å². The van der Waals surface area contributed by atoms with Crippen molar-refractivity contribution in [1.29, 1.82) is 0 Å². The Hall–Kier alpha value is -17.5. The summed E-state index contributed by atoms with van der Waals surface area (Å²) in [5.41, 5.74) is 25.0. The van der Waals surface area contributed by atoms with Crippen LogP contribution in [0.15, 0.2) is 437 Å². The van der Waals surface area contributed by atoms with Gasteiger partial charge in [0.1, 0.15) is 22.4 Å². The smallest absolute Gasteiger partial charge is 0.166 e. The zero-order valence-electron chi connectivity index (χ0n) is 69.5. The van der Waals surface area contributed by atoms with Gasteiger partial charge in [0.25, 0.3) is 0 Å². The maximum Gasteiger partial charge on any atom is 0.166 e. The average molecular weight is 1640 g/mol. The van der Waals surface area contributed by atoms with E-state index in [2.05, 4.69) is 347 Å². The number of benzene rings is 21. The van der Waals surface area contributed by atoms with Crippen LogP contribution in [0.2, 0.25) is 0 Å². The van der Waals surface area contributed by atoms with Gasteiger partial charge in [-0.15, -0.1) is 0 Å². The third-order valence-electron chi connectivity index (χ3n) is 26.0. The molecule has 0 bridgehead atoms. The summed E-state index contributed by atoms with van der Waals surface area (Å²) in [4.78, 5) is 35.9. The number of pyridine rings is 1. The van der Waals surface area contributed by atoms with Gasteiger partial charge >= 0.3 is 0 Å². The van der Waals surface area contributed by atoms with Crippen LogP contribution in [0.3, 0.4) is 0 Å². The van der Waals surface area contributed by atoms with Crippen LogP contribution in [0.25, 0.3) is 258 Å². The molecule has 28 aromatic rings. The first kappa shape index (κ1) is 73.1.